The topological polar surface area (TPSA) is 95.9 Å². The molecule has 7 nitrogen and oxygen atoms in total. The second-order valence-electron chi connectivity index (χ2n) is 4.65. The van der Waals surface area contributed by atoms with Crippen molar-refractivity contribution < 1.29 is 24.2 Å². The lowest BCUT2D eigenvalue weighted by Gasteiger charge is -2.32. The Morgan fingerprint density at radius 2 is 2.10 bits per heavy atom. The summed E-state index contributed by atoms with van der Waals surface area (Å²) >= 11 is 0. The number of amides is 2. The first-order chi connectivity index (χ1) is 9.99. The van der Waals surface area contributed by atoms with E-state index in [1.54, 1.807) is 31.2 Å². The third-order valence-corrected chi connectivity index (χ3v) is 3.04. The van der Waals surface area contributed by atoms with Gasteiger partial charge in [0.15, 0.2) is 6.10 Å². The van der Waals surface area contributed by atoms with Gasteiger partial charge in [-0.25, -0.2) is 0 Å². The van der Waals surface area contributed by atoms with Gasteiger partial charge in [0.1, 0.15) is 12.3 Å². The van der Waals surface area contributed by atoms with Crippen molar-refractivity contribution in [1.82, 2.24) is 5.32 Å². The van der Waals surface area contributed by atoms with E-state index in [-0.39, 0.29) is 25.4 Å². The van der Waals surface area contributed by atoms with Gasteiger partial charge in [0.25, 0.3) is 5.91 Å². The molecule has 1 aromatic rings. The number of carbonyl (C=O) groups is 3. The predicted molar refractivity (Wildman–Crippen MR) is 74.1 cm³/mol. The van der Waals surface area contributed by atoms with Crippen LogP contribution < -0.4 is 15.0 Å². The molecule has 0 spiro atoms. The fourth-order valence-electron chi connectivity index (χ4n) is 2.03. The number of aliphatic carboxylic acids is 1. The Morgan fingerprint density at radius 1 is 1.38 bits per heavy atom. The molecule has 112 valence electrons. The molecule has 1 aliphatic heterocycles. The van der Waals surface area contributed by atoms with E-state index in [0.29, 0.717) is 11.4 Å². The maximum atomic E-state index is 12.1. The summed E-state index contributed by atoms with van der Waals surface area (Å²) in [6.45, 7) is 1.49. The molecule has 2 rings (SSSR count). The van der Waals surface area contributed by atoms with Crippen molar-refractivity contribution in [2.45, 2.75) is 19.4 Å². The van der Waals surface area contributed by atoms with Gasteiger partial charge in [0.05, 0.1) is 12.1 Å². The Morgan fingerprint density at radius 3 is 2.81 bits per heavy atom. The minimum Gasteiger partial charge on any atom is -0.481 e. The summed E-state index contributed by atoms with van der Waals surface area (Å²) in [4.78, 5) is 35.7. The summed E-state index contributed by atoms with van der Waals surface area (Å²) < 4.78 is 5.47. The molecule has 0 bridgehead atoms. The predicted octanol–water partition coefficient (Wildman–Crippen LogP) is 0.391. The lowest BCUT2D eigenvalue weighted by atomic mass is 10.2. The summed E-state index contributed by atoms with van der Waals surface area (Å²) in [5.74, 6) is -1.16. The summed E-state index contributed by atoms with van der Waals surface area (Å²) in [6.07, 6.45) is -0.817. The van der Waals surface area contributed by atoms with Crippen LogP contribution in [0.15, 0.2) is 24.3 Å². The number of nitrogens with zero attached hydrogens (tertiary/aromatic N) is 1. The minimum absolute atomic E-state index is 0.0316. The van der Waals surface area contributed by atoms with E-state index in [9.17, 15) is 14.4 Å². The Kier molecular flexibility index (Phi) is 4.42. The van der Waals surface area contributed by atoms with Gasteiger partial charge in [-0.05, 0) is 19.1 Å². The maximum absolute atomic E-state index is 12.1. The molecule has 0 aliphatic carbocycles. The van der Waals surface area contributed by atoms with Crippen molar-refractivity contribution in [3.05, 3.63) is 24.3 Å². The average molecular weight is 292 g/mol. The van der Waals surface area contributed by atoms with Crippen LogP contribution in [0.1, 0.15) is 13.3 Å². The number of carboxylic acids is 1. The first-order valence-electron chi connectivity index (χ1n) is 6.54. The number of hydrogen-bond acceptors (Lipinski definition) is 4. The van der Waals surface area contributed by atoms with Gasteiger partial charge in [-0.15, -0.1) is 0 Å². The summed E-state index contributed by atoms with van der Waals surface area (Å²) in [6, 6.07) is 6.96. The first kappa shape index (κ1) is 14.8. The van der Waals surface area contributed by atoms with Crippen LogP contribution in [0.25, 0.3) is 0 Å². The van der Waals surface area contributed by atoms with Crippen molar-refractivity contribution in [3.63, 3.8) is 0 Å². The standard InChI is InChI=1S/C14H16N2O5/c1-9-14(20)16(8-12(17)15-7-6-13(18)19)10-4-2-3-5-11(10)21-9/h2-5,9H,6-8H2,1H3,(H,15,17)(H,18,19). The molecule has 1 atom stereocenters. The highest BCUT2D eigenvalue weighted by molar-refractivity contribution is 6.03. The number of benzene rings is 1. The monoisotopic (exact) mass is 292 g/mol. The number of carboxylic acid groups (broad SMARTS) is 1. The van der Waals surface area contributed by atoms with Gasteiger partial charge < -0.3 is 15.2 Å². The molecule has 2 N–H and O–H groups in total. The average Bonchev–Trinajstić information content (AvgIpc) is 2.43. The minimum atomic E-state index is -0.989. The molecule has 0 saturated heterocycles. The van der Waals surface area contributed by atoms with Crippen LogP contribution in [-0.2, 0) is 14.4 Å². The molecule has 0 saturated carbocycles. The summed E-state index contributed by atoms with van der Waals surface area (Å²) in [7, 11) is 0. The fraction of sp³-hybridized carbons (Fsp3) is 0.357. The number of carbonyl (C=O) groups excluding carboxylic acids is 2. The Balaban J connectivity index is 2.06. The van der Waals surface area contributed by atoms with Crippen LogP contribution >= 0.6 is 0 Å². The van der Waals surface area contributed by atoms with Gasteiger partial charge in [0.2, 0.25) is 5.91 Å². The van der Waals surface area contributed by atoms with Crippen LogP contribution in [0.3, 0.4) is 0 Å². The zero-order valence-corrected chi connectivity index (χ0v) is 11.5. The molecule has 0 aromatic heterocycles. The number of para-hydroxylation sites is 2. The van der Waals surface area contributed by atoms with Crippen molar-refractivity contribution in [2.75, 3.05) is 18.0 Å². The largest absolute Gasteiger partial charge is 0.481 e. The van der Waals surface area contributed by atoms with Crippen molar-refractivity contribution in [2.24, 2.45) is 0 Å². The number of hydrogen-bond donors (Lipinski definition) is 2. The molecular weight excluding hydrogens is 276 g/mol. The Labute approximate surface area is 121 Å². The van der Waals surface area contributed by atoms with E-state index in [1.165, 1.54) is 4.90 Å². The number of ether oxygens (including phenoxy) is 1. The lowest BCUT2D eigenvalue weighted by molar-refractivity contribution is -0.137. The van der Waals surface area contributed by atoms with Crippen LogP contribution in [0.2, 0.25) is 0 Å². The van der Waals surface area contributed by atoms with E-state index >= 15 is 0 Å². The highest BCUT2D eigenvalue weighted by atomic mass is 16.5. The quantitative estimate of drug-likeness (QED) is 0.818. The van der Waals surface area contributed by atoms with Gasteiger partial charge in [-0.3, -0.25) is 19.3 Å². The Hall–Kier alpha value is -2.57. The van der Waals surface area contributed by atoms with Gasteiger partial charge in [0, 0.05) is 6.54 Å². The van der Waals surface area contributed by atoms with E-state index in [0.717, 1.165) is 0 Å². The third kappa shape index (κ3) is 3.50. The smallest absolute Gasteiger partial charge is 0.305 e. The van der Waals surface area contributed by atoms with Crippen LogP contribution in [0.4, 0.5) is 5.69 Å². The second-order valence-corrected chi connectivity index (χ2v) is 4.65. The number of anilines is 1. The van der Waals surface area contributed by atoms with Gasteiger partial charge in [-0.2, -0.15) is 0 Å². The van der Waals surface area contributed by atoms with E-state index in [1.807, 2.05) is 0 Å². The highest BCUT2D eigenvalue weighted by Gasteiger charge is 2.32. The number of fused-ring (bicyclic) bond motifs is 1. The van der Waals surface area contributed by atoms with Crippen molar-refractivity contribution in [1.29, 1.82) is 0 Å². The van der Waals surface area contributed by atoms with E-state index < -0.39 is 18.0 Å². The maximum Gasteiger partial charge on any atom is 0.305 e. The number of nitrogens with one attached hydrogen (secondary N) is 1. The van der Waals surface area contributed by atoms with Gasteiger partial charge >= 0.3 is 5.97 Å². The second kappa shape index (κ2) is 6.25. The number of rotatable bonds is 5. The SMILES string of the molecule is CC1Oc2ccccc2N(CC(=O)NCCC(=O)O)C1=O. The third-order valence-electron chi connectivity index (χ3n) is 3.04. The fourth-order valence-corrected chi connectivity index (χ4v) is 2.03. The molecule has 0 radical (unpaired) electrons. The van der Waals surface area contributed by atoms with Crippen LogP contribution in [0.5, 0.6) is 5.75 Å². The molecule has 1 aliphatic rings. The summed E-state index contributed by atoms with van der Waals surface area (Å²) in [5, 5.41) is 11.0. The summed E-state index contributed by atoms with van der Waals surface area (Å²) in [5.41, 5.74) is 0.536. The zero-order valence-electron chi connectivity index (χ0n) is 11.5. The highest BCUT2D eigenvalue weighted by Crippen LogP contribution is 2.33. The van der Waals surface area contributed by atoms with Gasteiger partial charge in [-0.1, -0.05) is 12.1 Å². The molecule has 2 amide bonds. The molecule has 1 heterocycles. The lowest BCUT2D eigenvalue weighted by Crippen LogP contribution is -2.48. The molecule has 1 aromatic carbocycles. The normalized spacial score (nSPS) is 16.9. The molecule has 0 fully saturated rings. The zero-order chi connectivity index (χ0) is 15.4. The molecule has 7 heteroatoms. The molecule has 21 heavy (non-hydrogen) atoms. The van der Waals surface area contributed by atoms with Crippen LogP contribution in [-0.4, -0.2) is 42.1 Å². The van der Waals surface area contributed by atoms with E-state index in [2.05, 4.69) is 5.32 Å². The van der Waals surface area contributed by atoms with Crippen LogP contribution in [0, 0.1) is 0 Å². The molecular formula is C14H16N2O5. The first-order valence-corrected chi connectivity index (χ1v) is 6.54. The Bertz CT molecular complexity index is 572. The van der Waals surface area contributed by atoms with Crippen molar-refractivity contribution >= 4 is 23.5 Å². The van der Waals surface area contributed by atoms with E-state index in [4.69, 9.17) is 9.84 Å². The molecule has 1 unspecified atom stereocenters. The van der Waals surface area contributed by atoms with Crippen molar-refractivity contribution in [3.8, 4) is 5.75 Å².